The van der Waals surface area contributed by atoms with E-state index in [2.05, 4.69) is 13.8 Å². The number of rotatable bonds is 2. The van der Waals surface area contributed by atoms with Gasteiger partial charge in [-0.25, -0.2) is 0 Å². The standard InChI is InChI=1S/C15H21Cl2N/c1-10-5-6-15(18,11(2)7-10)9-12-3-4-13(16)14(17)8-12/h3-4,8,10-11H,5-7,9,18H2,1-2H3. The first-order valence-corrected chi connectivity index (χ1v) is 7.39. The molecule has 1 aliphatic rings. The van der Waals surface area contributed by atoms with Gasteiger partial charge in [0.15, 0.2) is 0 Å². The molecular weight excluding hydrogens is 265 g/mol. The zero-order chi connectivity index (χ0) is 13.3. The highest BCUT2D eigenvalue weighted by Gasteiger charge is 2.36. The van der Waals surface area contributed by atoms with Crippen LogP contribution in [0.3, 0.4) is 0 Å². The second-order valence-electron chi connectivity index (χ2n) is 5.94. The Morgan fingerprint density at radius 1 is 1.28 bits per heavy atom. The summed E-state index contributed by atoms with van der Waals surface area (Å²) in [5.41, 5.74) is 7.70. The Labute approximate surface area is 120 Å². The quantitative estimate of drug-likeness (QED) is 0.838. The predicted octanol–water partition coefficient (Wildman–Crippen LogP) is 4.69. The van der Waals surface area contributed by atoms with Crippen molar-refractivity contribution in [3.63, 3.8) is 0 Å². The van der Waals surface area contributed by atoms with Gasteiger partial charge in [0.05, 0.1) is 10.0 Å². The molecule has 0 aliphatic heterocycles. The van der Waals surface area contributed by atoms with E-state index in [0.717, 1.165) is 18.8 Å². The Hall–Kier alpha value is -0.240. The van der Waals surface area contributed by atoms with E-state index in [-0.39, 0.29) is 5.54 Å². The fourth-order valence-electron chi connectivity index (χ4n) is 3.01. The minimum absolute atomic E-state index is 0.0936. The lowest BCUT2D eigenvalue weighted by molar-refractivity contribution is 0.163. The molecule has 2 N–H and O–H groups in total. The summed E-state index contributed by atoms with van der Waals surface area (Å²) in [5.74, 6) is 1.35. The molecule has 3 atom stereocenters. The first kappa shape index (κ1) is 14.2. The molecule has 1 aromatic rings. The molecule has 3 heteroatoms. The van der Waals surface area contributed by atoms with E-state index in [1.165, 1.54) is 18.4 Å². The second-order valence-corrected chi connectivity index (χ2v) is 6.75. The maximum atomic E-state index is 6.61. The smallest absolute Gasteiger partial charge is 0.0595 e. The normalized spacial score (nSPS) is 32.5. The third kappa shape index (κ3) is 3.01. The molecule has 0 heterocycles. The summed E-state index contributed by atoms with van der Waals surface area (Å²) in [7, 11) is 0. The van der Waals surface area contributed by atoms with Gasteiger partial charge in [-0.3, -0.25) is 0 Å². The molecule has 1 aromatic carbocycles. The minimum atomic E-state index is -0.0936. The van der Waals surface area contributed by atoms with Gasteiger partial charge in [-0.15, -0.1) is 0 Å². The highest BCUT2D eigenvalue weighted by molar-refractivity contribution is 6.42. The monoisotopic (exact) mass is 285 g/mol. The fraction of sp³-hybridized carbons (Fsp3) is 0.600. The minimum Gasteiger partial charge on any atom is -0.325 e. The van der Waals surface area contributed by atoms with Crippen LogP contribution in [0.25, 0.3) is 0 Å². The van der Waals surface area contributed by atoms with Gasteiger partial charge in [-0.1, -0.05) is 43.1 Å². The average Bonchev–Trinajstić information content (AvgIpc) is 2.30. The summed E-state index contributed by atoms with van der Waals surface area (Å²) in [6.45, 7) is 4.59. The molecule has 18 heavy (non-hydrogen) atoms. The third-order valence-corrected chi connectivity index (χ3v) is 5.10. The van der Waals surface area contributed by atoms with Crippen molar-refractivity contribution in [1.82, 2.24) is 0 Å². The summed E-state index contributed by atoms with van der Waals surface area (Å²) in [5, 5.41) is 1.23. The Morgan fingerprint density at radius 3 is 2.61 bits per heavy atom. The molecule has 0 radical (unpaired) electrons. The first-order chi connectivity index (χ1) is 8.40. The van der Waals surface area contributed by atoms with Crippen LogP contribution in [-0.4, -0.2) is 5.54 Å². The van der Waals surface area contributed by atoms with Crippen LogP contribution >= 0.6 is 23.2 Å². The maximum absolute atomic E-state index is 6.61. The maximum Gasteiger partial charge on any atom is 0.0595 e. The Balaban J connectivity index is 2.14. The van der Waals surface area contributed by atoms with Crippen molar-refractivity contribution in [2.24, 2.45) is 17.6 Å². The van der Waals surface area contributed by atoms with Crippen molar-refractivity contribution in [3.8, 4) is 0 Å². The summed E-state index contributed by atoms with van der Waals surface area (Å²) < 4.78 is 0. The molecule has 0 spiro atoms. The Kier molecular flexibility index (Phi) is 4.25. The van der Waals surface area contributed by atoms with E-state index in [1.807, 2.05) is 18.2 Å². The molecule has 100 valence electrons. The third-order valence-electron chi connectivity index (χ3n) is 4.36. The van der Waals surface area contributed by atoms with E-state index in [0.29, 0.717) is 16.0 Å². The Morgan fingerprint density at radius 2 is 2.00 bits per heavy atom. The lowest BCUT2D eigenvalue weighted by atomic mass is 9.68. The molecule has 0 aromatic heterocycles. The van der Waals surface area contributed by atoms with Crippen molar-refractivity contribution in [3.05, 3.63) is 33.8 Å². The highest BCUT2D eigenvalue weighted by Crippen LogP contribution is 2.37. The summed E-state index contributed by atoms with van der Waals surface area (Å²) in [6, 6.07) is 5.84. The number of nitrogens with two attached hydrogens (primary N) is 1. The Bertz CT molecular complexity index is 433. The van der Waals surface area contributed by atoms with E-state index in [9.17, 15) is 0 Å². The second kappa shape index (κ2) is 5.40. The van der Waals surface area contributed by atoms with Gasteiger partial charge in [0, 0.05) is 5.54 Å². The van der Waals surface area contributed by atoms with Gasteiger partial charge >= 0.3 is 0 Å². The number of hydrogen-bond acceptors (Lipinski definition) is 1. The fourth-order valence-corrected chi connectivity index (χ4v) is 3.33. The van der Waals surface area contributed by atoms with Crippen LogP contribution in [0.15, 0.2) is 18.2 Å². The molecule has 1 fully saturated rings. The molecule has 0 saturated heterocycles. The van der Waals surface area contributed by atoms with Crippen LogP contribution in [0.5, 0.6) is 0 Å². The van der Waals surface area contributed by atoms with Gasteiger partial charge in [0.2, 0.25) is 0 Å². The van der Waals surface area contributed by atoms with Crippen molar-refractivity contribution in [1.29, 1.82) is 0 Å². The van der Waals surface area contributed by atoms with Crippen molar-refractivity contribution < 1.29 is 0 Å². The van der Waals surface area contributed by atoms with Crippen LogP contribution in [0.4, 0.5) is 0 Å². The lowest BCUT2D eigenvalue weighted by Crippen LogP contribution is -2.51. The zero-order valence-electron chi connectivity index (χ0n) is 11.0. The first-order valence-electron chi connectivity index (χ1n) is 6.63. The summed E-state index contributed by atoms with van der Waals surface area (Å²) >= 11 is 12.0. The topological polar surface area (TPSA) is 26.0 Å². The van der Waals surface area contributed by atoms with Crippen LogP contribution < -0.4 is 5.73 Å². The van der Waals surface area contributed by atoms with Crippen LogP contribution in [-0.2, 0) is 6.42 Å². The molecule has 2 rings (SSSR count). The van der Waals surface area contributed by atoms with E-state index in [4.69, 9.17) is 28.9 Å². The van der Waals surface area contributed by atoms with Gasteiger partial charge in [0.25, 0.3) is 0 Å². The molecule has 1 nitrogen and oxygen atoms in total. The molecule has 1 saturated carbocycles. The largest absolute Gasteiger partial charge is 0.325 e. The van der Waals surface area contributed by atoms with Gasteiger partial charge in [0.1, 0.15) is 0 Å². The van der Waals surface area contributed by atoms with Crippen LogP contribution in [0.1, 0.15) is 38.7 Å². The number of benzene rings is 1. The number of hydrogen-bond donors (Lipinski definition) is 1. The van der Waals surface area contributed by atoms with Crippen LogP contribution in [0.2, 0.25) is 10.0 Å². The molecule has 3 unspecified atom stereocenters. The predicted molar refractivity (Wildman–Crippen MR) is 79.3 cm³/mol. The van der Waals surface area contributed by atoms with Gasteiger partial charge in [-0.2, -0.15) is 0 Å². The van der Waals surface area contributed by atoms with Gasteiger partial charge < -0.3 is 5.73 Å². The van der Waals surface area contributed by atoms with Gasteiger partial charge in [-0.05, 0) is 55.2 Å². The van der Waals surface area contributed by atoms with Crippen LogP contribution in [0, 0.1) is 11.8 Å². The van der Waals surface area contributed by atoms with Crippen molar-refractivity contribution in [2.45, 2.75) is 45.1 Å². The molecular formula is C15H21Cl2N. The molecule has 0 amide bonds. The molecule has 0 bridgehead atoms. The lowest BCUT2D eigenvalue weighted by Gasteiger charge is -2.42. The van der Waals surface area contributed by atoms with E-state index >= 15 is 0 Å². The average molecular weight is 286 g/mol. The summed E-state index contributed by atoms with van der Waals surface area (Å²) in [6.07, 6.45) is 4.42. The number of halogens is 2. The van der Waals surface area contributed by atoms with E-state index < -0.39 is 0 Å². The SMILES string of the molecule is CC1CCC(N)(Cc2ccc(Cl)c(Cl)c2)C(C)C1. The highest BCUT2D eigenvalue weighted by atomic mass is 35.5. The van der Waals surface area contributed by atoms with Crippen molar-refractivity contribution >= 4 is 23.2 Å². The van der Waals surface area contributed by atoms with E-state index in [1.54, 1.807) is 0 Å². The zero-order valence-corrected chi connectivity index (χ0v) is 12.6. The molecule has 1 aliphatic carbocycles. The van der Waals surface area contributed by atoms with Crippen molar-refractivity contribution in [2.75, 3.05) is 0 Å². The summed E-state index contributed by atoms with van der Waals surface area (Å²) in [4.78, 5) is 0.